The molecule has 0 amide bonds. The van der Waals surface area contributed by atoms with Crippen molar-refractivity contribution in [2.24, 2.45) is 0 Å². The molecule has 108 valence electrons. The van der Waals surface area contributed by atoms with E-state index in [1.54, 1.807) is 0 Å². The fourth-order valence-electron chi connectivity index (χ4n) is 3.11. The van der Waals surface area contributed by atoms with E-state index in [1.807, 2.05) is 0 Å². The number of aromatic nitrogens is 1. The van der Waals surface area contributed by atoms with Gasteiger partial charge in [0, 0.05) is 28.7 Å². The lowest BCUT2D eigenvalue weighted by molar-refractivity contribution is 0.270. The molecule has 1 N–H and O–H groups in total. The summed E-state index contributed by atoms with van der Waals surface area (Å²) in [6.45, 7) is 6.45. The molecule has 0 saturated carbocycles. The summed E-state index contributed by atoms with van der Waals surface area (Å²) in [5.74, 6) is 1.08. The van der Waals surface area contributed by atoms with E-state index in [0.717, 1.165) is 38.2 Å². The maximum absolute atomic E-state index is 5.81. The Hall–Kier alpha value is -1.48. The number of rotatable bonds is 4. The summed E-state index contributed by atoms with van der Waals surface area (Å²) in [6, 6.07) is 4.81. The minimum atomic E-state index is 0.555. The Morgan fingerprint density at radius 3 is 3.05 bits per heavy atom. The number of nitrogens with one attached hydrogen (secondary N) is 1. The molecular weight excluding hydrogens is 248 g/mol. The zero-order valence-corrected chi connectivity index (χ0v) is 12.7. The maximum Gasteiger partial charge on any atom is 0.123 e. The zero-order chi connectivity index (χ0) is 14.1. The van der Waals surface area contributed by atoms with Gasteiger partial charge in [-0.2, -0.15) is 0 Å². The number of benzene rings is 1. The van der Waals surface area contributed by atoms with Crippen molar-refractivity contribution in [3.63, 3.8) is 0 Å². The third-order valence-corrected chi connectivity index (χ3v) is 4.59. The Labute approximate surface area is 120 Å². The van der Waals surface area contributed by atoms with Crippen LogP contribution in [0.2, 0.25) is 0 Å². The first-order chi connectivity index (χ1) is 9.70. The predicted octanol–water partition coefficient (Wildman–Crippen LogP) is 3.38. The number of ether oxygens (including phenoxy) is 1. The number of hydrogen-bond donors (Lipinski definition) is 1. The third-order valence-electron chi connectivity index (χ3n) is 4.59. The predicted molar refractivity (Wildman–Crippen MR) is 83.6 cm³/mol. The largest absolute Gasteiger partial charge is 0.493 e. The summed E-state index contributed by atoms with van der Waals surface area (Å²) in [5.41, 5.74) is 4.07. The van der Waals surface area contributed by atoms with Gasteiger partial charge in [0.2, 0.25) is 0 Å². The Morgan fingerprint density at radius 1 is 1.40 bits per heavy atom. The highest BCUT2D eigenvalue weighted by molar-refractivity contribution is 5.89. The van der Waals surface area contributed by atoms with Gasteiger partial charge < -0.3 is 14.6 Å². The molecule has 3 heteroatoms. The number of aromatic amines is 1. The summed E-state index contributed by atoms with van der Waals surface area (Å²) in [4.78, 5) is 5.82. The van der Waals surface area contributed by atoms with E-state index >= 15 is 0 Å². The highest BCUT2D eigenvalue weighted by Crippen LogP contribution is 2.34. The van der Waals surface area contributed by atoms with E-state index < -0.39 is 0 Å². The molecule has 1 atom stereocenters. The van der Waals surface area contributed by atoms with E-state index in [1.165, 1.54) is 22.0 Å². The molecule has 1 unspecified atom stereocenters. The van der Waals surface area contributed by atoms with E-state index in [-0.39, 0.29) is 0 Å². The van der Waals surface area contributed by atoms with Crippen LogP contribution in [0.4, 0.5) is 0 Å². The molecule has 0 radical (unpaired) electrons. The van der Waals surface area contributed by atoms with Crippen LogP contribution in [0.1, 0.15) is 31.4 Å². The quantitative estimate of drug-likeness (QED) is 0.924. The number of likely N-dealkylation sites (N-methyl/N-ethyl adjacent to an activating group) is 1. The first-order valence-corrected chi connectivity index (χ1v) is 7.65. The van der Waals surface area contributed by atoms with Crippen molar-refractivity contribution < 1.29 is 4.74 Å². The van der Waals surface area contributed by atoms with Crippen molar-refractivity contribution in [2.45, 2.75) is 39.2 Å². The van der Waals surface area contributed by atoms with Crippen LogP contribution in [-0.4, -0.2) is 36.1 Å². The molecule has 0 spiro atoms. The number of nitrogens with zero attached hydrogens (tertiary/aromatic N) is 1. The Kier molecular flexibility index (Phi) is 3.70. The van der Waals surface area contributed by atoms with E-state index in [0.29, 0.717) is 6.04 Å². The smallest absolute Gasteiger partial charge is 0.123 e. The number of H-pyrrole nitrogens is 1. The summed E-state index contributed by atoms with van der Waals surface area (Å²) in [7, 11) is 2.19. The minimum Gasteiger partial charge on any atom is -0.493 e. The molecule has 1 aromatic heterocycles. The molecular formula is C17H24N2O. The van der Waals surface area contributed by atoms with Crippen molar-refractivity contribution in [1.82, 2.24) is 9.88 Å². The average molecular weight is 272 g/mol. The zero-order valence-electron chi connectivity index (χ0n) is 12.7. The number of aryl methyl sites for hydroxylation is 1. The van der Waals surface area contributed by atoms with Crippen molar-refractivity contribution >= 4 is 10.9 Å². The Morgan fingerprint density at radius 2 is 2.25 bits per heavy atom. The summed E-state index contributed by atoms with van der Waals surface area (Å²) < 4.78 is 5.81. The van der Waals surface area contributed by atoms with Crippen LogP contribution in [0.15, 0.2) is 18.3 Å². The third kappa shape index (κ3) is 2.31. The van der Waals surface area contributed by atoms with Crippen molar-refractivity contribution in [1.29, 1.82) is 0 Å². The second-order valence-corrected chi connectivity index (χ2v) is 5.86. The van der Waals surface area contributed by atoms with Crippen LogP contribution in [-0.2, 0) is 12.8 Å². The normalized spacial score (nSPS) is 16.2. The topological polar surface area (TPSA) is 28.3 Å². The highest BCUT2D eigenvalue weighted by Gasteiger charge is 2.18. The minimum absolute atomic E-state index is 0.555. The summed E-state index contributed by atoms with van der Waals surface area (Å²) in [5, 5.41) is 1.40. The molecule has 3 rings (SSSR count). The monoisotopic (exact) mass is 272 g/mol. The molecule has 1 aliphatic rings. The van der Waals surface area contributed by atoms with E-state index in [4.69, 9.17) is 4.74 Å². The molecule has 0 aliphatic carbocycles. The lowest BCUT2D eigenvalue weighted by Gasteiger charge is -2.23. The van der Waals surface area contributed by atoms with Gasteiger partial charge >= 0.3 is 0 Å². The van der Waals surface area contributed by atoms with Crippen LogP contribution in [0, 0.1) is 0 Å². The maximum atomic E-state index is 5.81. The standard InChI is InChI=1S/C17H24N2O/c1-4-19(3)12(2)10-13-11-18-15-7-8-16-14(17(13)15)6-5-9-20-16/h7-8,11-12,18H,4-6,9-10H2,1-3H3. The summed E-state index contributed by atoms with van der Waals surface area (Å²) >= 11 is 0. The molecule has 0 bridgehead atoms. The van der Waals surface area contributed by atoms with Gasteiger partial charge in [-0.25, -0.2) is 0 Å². The fraction of sp³-hybridized carbons (Fsp3) is 0.529. The van der Waals surface area contributed by atoms with Gasteiger partial charge in [0.25, 0.3) is 0 Å². The van der Waals surface area contributed by atoms with Gasteiger partial charge in [-0.1, -0.05) is 6.92 Å². The van der Waals surface area contributed by atoms with Crippen molar-refractivity contribution in [3.05, 3.63) is 29.5 Å². The molecule has 3 nitrogen and oxygen atoms in total. The van der Waals surface area contributed by atoms with Crippen LogP contribution in [0.25, 0.3) is 10.9 Å². The first kappa shape index (κ1) is 13.5. The highest BCUT2D eigenvalue weighted by atomic mass is 16.5. The Bertz CT molecular complexity index is 602. The molecule has 0 fully saturated rings. The van der Waals surface area contributed by atoms with Crippen LogP contribution in [0.3, 0.4) is 0 Å². The van der Waals surface area contributed by atoms with Gasteiger partial charge in [-0.3, -0.25) is 0 Å². The molecule has 20 heavy (non-hydrogen) atoms. The van der Waals surface area contributed by atoms with Gasteiger partial charge in [-0.15, -0.1) is 0 Å². The fourth-order valence-corrected chi connectivity index (χ4v) is 3.11. The van der Waals surface area contributed by atoms with E-state index in [2.05, 4.69) is 49.1 Å². The number of hydrogen-bond acceptors (Lipinski definition) is 2. The molecule has 2 heterocycles. The average Bonchev–Trinajstić information content (AvgIpc) is 2.89. The van der Waals surface area contributed by atoms with Crippen molar-refractivity contribution in [3.8, 4) is 5.75 Å². The van der Waals surface area contributed by atoms with Gasteiger partial charge in [0.1, 0.15) is 5.75 Å². The lowest BCUT2D eigenvalue weighted by Crippen LogP contribution is -2.30. The van der Waals surface area contributed by atoms with Crippen LogP contribution in [0.5, 0.6) is 5.75 Å². The molecule has 0 saturated heterocycles. The van der Waals surface area contributed by atoms with Crippen LogP contribution < -0.4 is 4.74 Å². The second kappa shape index (κ2) is 5.49. The first-order valence-electron chi connectivity index (χ1n) is 7.65. The van der Waals surface area contributed by atoms with Crippen LogP contribution >= 0.6 is 0 Å². The molecule has 2 aromatic rings. The van der Waals surface area contributed by atoms with E-state index in [9.17, 15) is 0 Å². The molecule has 1 aromatic carbocycles. The van der Waals surface area contributed by atoms with Gasteiger partial charge in [0.15, 0.2) is 0 Å². The van der Waals surface area contributed by atoms with Crippen molar-refractivity contribution in [2.75, 3.05) is 20.2 Å². The lowest BCUT2D eigenvalue weighted by atomic mass is 9.96. The summed E-state index contributed by atoms with van der Waals surface area (Å²) in [6.07, 6.45) is 5.52. The van der Waals surface area contributed by atoms with Gasteiger partial charge in [-0.05, 0) is 57.5 Å². The molecule has 1 aliphatic heterocycles. The SMILES string of the molecule is CCN(C)C(C)Cc1c[nH]c2ccc3c(c12)CCCO3. The Balaban J connectivity index is 1.99. The van der Waals surface area contributed by atoms with Gasteiger partial charge in [0.05, 0.1) is 6.61 Å². The number of fused-ring (bicyclic) bond motifs is 3. The second-order valence-electron chi connectivity index (χ2n) is 5.86.